The first kappa shape index (κ1) is 19.2. The van der Waals surface area contributed by atoms with Crippen LogP contribution < -0.4 is 5.32 Å². The third-order valence-electron chi connectivity index (χ3n) is 5.50. The van der Waals surface area contributed by atoms with Crippen molar-refractivity contribution >= 4 is 18.3 Å². The summed E-state index contributed by atoms with van der Waals surface area (Å²) in [6, 6.07) is 10.6. The third kappa shape index (κ3) is 4.29. The van der Waals surface area contributed by atoms with E-state index in [1.54, 1.807) is 0 Å². The number of hydrogen-bond acceptors (Lipinski definition) is 3. The van der Waals surface area contributed by atoms with Gasteiger partial charge < -0.3 is 10.1 Å². The number of nitrogens with zero attached hydrogens (tertiary/aromatic N) is 1. The van der Waals surface area contributed by atoms with Crippen LogP contribution in [-0.4, -0.2) is 49.7 Å². The standard InChI is InChI=1S/C19H28N2O2.ClH/c1-16(21-11-5-6-12-21)18(22)20-15-19(9-13-23-14-10-19)17-7-3-2-4-8-17;/h2-4,7-8,16H,5-6,9-15H2,1H3,(H,20,22);1H. The molecule has 2 aliphatic heterocycles. The molecule has 5 heteroatoms. The fourth-order valence-corrected chi connectivity index (χ4v) is 3.82. The number of rotatable bonds is 5. The highest BCUT2D eigenvalue weighted by Gasteiger charge is 2.35. The van der Waals surface area contributed by atoms with E-state index in [0.717, 1.165) is 39.1 Å². The summed E-state index contributed by atoms with van der Waals surface area (Å²) in [5.74, 6) is 0.161. The zero-order valence-corrected chi connectivity index (χ0v) is 15.3. The number of carbonyl (C=O) groups is 1. The van der Waals surface area contributed by atoms with Crippen LogP contribution >= 0.6 is 12.4 Å². The monoisotopic (exact) mass is 352 g/mol. The minimum Gasteiger partial charge on any atom is -0.381 e. The molecular formula is C19H29ClN2O2. The molecule has 0 aliphatic carbocycles. The second-order valence-electron chi connectivity index (χ2n) is 6.90. The van der Waals surface area contributed by atoms with Crippen molar-refractivity contribution in [3.05, 3.63) is 35.9 Å². The van der Waals surface area contributed by atoms with Crippen LogP contribution in [0.3, 0.4) is 0 Å². The summed E-state index contributed by atoms with van der Waals surface area (Å²) in [6.07, 6.45) is 4.36. The van der Waals surface area contributed by atoms with E-state index in [1.807, 2.05) is 13.0 Å². The lowest BCUT2D eigenvalue weighted by atomic mass is 9.74. The topological polar surface area (TPSA) is 41.6 Å². The normalized spacial score (nSPS) is 21.7. The van der Waals surface area contributed by atoms with Crippen LogP contribution in [0.5, 0.6) is 0 Å². The van der Waals surface area contributed by atoms with Crippen molar-refractivity contribution in [2.45, 2.75) is 44.1 Å². The van der Waals surface area contributed by atoms with Crippen LogP contribution in [0.2, 0.25) is 0 Å². The molecule has 1 aromatic carbocycles. The second-order valence-corrected chi connectivity index (χ2v) is 6.90. The van der Waals surface area contributed by atoms with E-state index < -0.39 is 0 Å². The van der Waals surface area contributed by atoms with Gasteiger partial charge in [-0.05, 0) is 51.3 Å². The van der Waals surface area contributed by atoms with Gasteiger partial charge in [0, 0.05) is 25.2 Å². The van der Waals surface area contributed by atoms with Gasteiger partial charge in [0.05, 0.1) is 6.04 Å². The maximum absolute atomic E-state index is 12.6. The fourth-order valence-electron chi connectivity index (χ4n) is 3.82. The summed E-state index contributed by atoms with van der Waals surface area (Å²) >= 11 is 0. The second kappa shape index (κ2) is 8.84. The molecule has 2 fully saturated rings. The summed E-state index contributed by atoms with van der Waals surface area (Å²) < 4.78 is 5.56. The quantitative estimate of drug-likeness (QED) is 0.886. The van der Waals surface area contributed by atoms with Crippen LogP contribution in [0.4, 0.5) is 0 Å². The van der Waals surface area contributed by atoms with Gasteiger partial charge in [0.2, 0.25) is 5.91 Å². The number of nitrogens with one attached hydrogen (secondary N) is 1. The van der Waals surface area contributed by atoms with Crippen LogP contribution in [0.25, 0.3) is 0 Å². The summed E-state index contributed by atoms with van der Waals surface area (Å²) in [5, 5.41) is 3.23. The van der Waals surface area contributed by atoms with Gasteiger partial charge in [0.1, 0.15) is 0 Å². The Morgan fingerprint density at radius 3 is 2.46 bits per heavy atom. The average molecular weight is 353 g/mol. The Labute approximate surface area is 151 Å². The smallest absolute Gasteiger partial charge is 0.237 e. The number of hydrogen-bond donors (Lipinski definition) is 1. The molecule has 1 N–H and O–H groups in total. The number of carbonyl (C=O) groups excluding carboxylic acids is 1. The molecule has 0 saturated carbocycles. The molecule has 134 valence electrons. The molecule has 2 heterocycles. The molecule has 3 rings (SSSR count). The Balaban J connectivity index is 0.00000208. The molecule has 4 nitrogen and oxygen atoms in total. The molecule has 0 radical (unpaired) electrons. The molecule has 0 bridgehead atoms. The van der Waals surface area contributed by atoms with Crippen molar-refractivity contribution in [1.29, 1.82) is 0 Å². The molecule has 0 spiro atoms. The average Bonchev–Trinajstić information content (AvgIpc) is 3.15. The lowest BCUT2D eigenvalue weighted by Gasteiger charge is -2.38. The largest absolute Gasteiger partial charge is 0.381 e. The van der Waals surface area contributed by atoms with Crippen molar-refractivity contribution < 1.29 is 9.53 Å². The van der Waals surface area contributed by atoms with Gasteiger partial charge in [0.25, 0.3) is 0 Å². The number of amides is 1. The number of ether oxygens (including phenoxy) is 1. The Morgan fingerprint density at radius 1 is 1.21 bits per heavy atom. The van der Waals surface area contributed by atoms with E-state index in [0.29, 0.717) is 6.54 Å². The number of benzene rings is 1. The van der Waals surface area contributed by atoms with Crippen molar-refractivity contribution in [2.75, 3.05) is 32.8 Å². The Hall–Kier alpha value is -1.10. The van der Waals surface area contributed by atoms with E-state index in [2.05, 4.69) is 34.5 Å². The molecule has 1 amide bonds. The first-order chi connectivity index (χ1) is 11.2. The summed E-state index contributed by atoms with van der Waals surface area (Å²) in [6.45, 7) is 6.37. The van der Waals surface area contributed by atoms with E-state index in [1.165, 1.54) is 18.4 Å². The fraction of sp³-hybridized carbons (Fsp3) is 0.632. The van der Waals surface area contributed by atoms with Gasteiger partial charge in [0.15, 0.2) is 0 Å². The highest BCUT2D eigenvalue weighted by molar-refractivity contribution is 5.85. The molecule has 24 heavy (non-hydrogen) atoms. The molecule has 1 aromatic rings. The Kier molecular flexibility index (Phi) is 7.08. The minimum absolute atomic E-state index is 0. The number of likely N-dealkylation sites (tertiary alicyclic amines) is 1. The summed E-state index contributed by atoms with van der Waals surface area (Å²) in [4.78, 5) is 14.8. The Bertz CT molecular complexity index is 511. The van der Waals surface area contributed by atoms with Crippen LogP contribution in [-0.2, 0) is 14.9 Å². The SMILES string of the molecule is CC(C(=O)NCC1(c2ccccc2)CCOCC1)N1CCCC1.Cl. The Morgan fingerprint density at radius 2 is 1.83 bits per heavy atom. The maximum atomic E-state index is 12.6. The van der Waals surface area contributed by atoms with Crippen LogP contribution in [0, 0.1) is 0 Å². The molecule has 1 atom stereocenters. The van der Waals surface area contributed by atoms with Gasteiger partial charge in [-0.15, -0.1) is 12.4 Å². The minimum atomic E-state index is -0.0230. The number of halogens is 1. The van der Waals surface area contributed by atoms with Gasteiger partial charge in [-0.1, -0.05) is 30.3 Å². The van der Waals surface area contributed by atoms with Gasteiger partial charge >= 0.3 is 0 Å². The molecule has 0 aromatic heterocycles. The summed E-state index contributed by atoms with van der Waals surface area (Å²) in [5.41, 5.74) is 1.33. The van der Waals surface area contributed by atoms with Crippen LogP contribution in [0.15, 0.2) is 30.3 Å². The molecule has 1 unspecified atom stereocenters. The van der Waals surface area contributed by atoms with Crippen LogP contribution in [0.1, 0.15) is 38.2 Å². The highest BCUT2D eigenvalue weighted by atomic mass is 35.5. The first-order valence-electron chi connectivity index (χ1n) is 8.86. The summed E-state index contributed by atoms with van der Waals surface area (Å²) in [7, 11) is 0. The van der Waals surface area contributed by atoms with Gasteiger partial charge in [-0.2, -0.15) is 0 Å². The van der Waals surface area contributed by atoms with Crippen molar-refractivity contribution in [3.8, 4) is 0 Å². The molecule has 2 aliphatic rings. The van der Waals surface area contributed by atoms with Gasteiger partial charge in [-0.3, -0.25) is 9.69 Å². The van der Waals surface area contributed by atoms with Crippen molar-refractivity contribution in [3.63, 3.8) is 0 Å². The molecular weight excluding hydrogens is 324 g/mol. The van der Waals surface area contributed by atoms with E-state index in [-0.39, 0.29) is 29.8 Å². The highest BCUT2D eigenvalue weighted by Crippen LogP contribution is 2.34. The van der Waals surface area contributed by atoms with E-state index in [4.69, 9.17) is 4.74 Å². The van der Waals surface area contributed by atoms with Crippen molar-refractivity contribution in [1.82, 2.24) is 10.2 Å². The van der Waals surface area contributed by atoms with Crippen molar-refractivity contribution in [2.24, 2.45) is 0 Å². The molecule has 2 saturated heterocycles. The van der Waals surface area contributed by atoms with E-state index in [9.17, 15) is 4.79 Å². The maximum Gasteiger partial charge on any atom is 0.237 e. The lowest BCUT2D eigenvalue weighted by molar-refractivity contribution is -0.126. The first-order valence-corrected chi connectivity index (χ1v) is 8.86. The van der Waals surface area contributed by atoms with Gasteiger partial charge in [-0.25, -0.2) is 0 Å². The zero-order chi connectivity index (χ0) is 16.1. The predicted octanol–water partition coefficient (Wildman–Crippen LogP) is 2.76. The van der Waals surface area contributed by atoms with E-state index >= 15 is 0 Å². The predicted molar refractivity (Wildman–Crippen MR) is 98.7 cm³/mol. The lowest BCUT2D eigenvalue weighted by Crippen LogP contribution is -2.49. The third-order valence-corrected chi connectivity index (χ3v) is 5.50. The zero-order valence-electron chi connectivity index (χ0n) is 14.5.